The van der Waals surface area contributed by atoms with Crippen LogP contribution in [0.1, 0.15) is 18.0 Å². The first-order valence-electron chi connectivity index (χ1n) is 5.66. The minimum atomic E-state index is -0.908. The average molecular weight is 290 g/mol. The monoisotopic (exact) mass is 289 g/mol. The molecule has 1 saturated heterocycles. The number of aromatic hydroxyl groups is 1. The van der Waals surface area contributed by atoms with Gasteiger partial charge in [-0.3, -0.25) is 4.79 Å². The van der Waals surface area contributed by atoms with E-state index in [-0.39, 0.29) is 23.1 Å². The van der Waals surface area contributed by atoms with Crippen LogP contribution in [0.4, 0.5) is 4.39 Å². The van der Waals surface area contributed by atoms with Crippen LogP contribution < -0.4 is 10.1 Å². The molecule has 2 atom stereocenters. The lowest BCUT2D eigenvalue weighted by Gasteiger charge is -2.16. The molecule has 5 nitrogen and oxygen atoms in total. The Morgan fingerprint density at radius 3 is 2.84 bits per heavy atom. The van der Waals surface area contributed by atoms with Gasteiger partial charge in [0.1, 0.15) is 0 Å². The van der Waals surface area contributed by atoms with Gasteiger partial charge in [-0.25, -0.2) is 4.39 Å². The van der Waals surface area contributed by atoms with E-state index in [1.165, 1.54) is 13.2 Å². The topological polar surface area (TPSA) is 78.8 Å². The van der Waals surface area contributed by atoms with Crippen molar-refractivity contribution >= 4 is 17.6 Å². The molecule has 2 unspecified atom stereocenters. The third-order valence-corrected chi connectivity index (χ3v) is 3.51. The minimum absolute atomic E-state index is 0.176. The summed E-state index contributed by atoms with van der Waals surface area (Å²) in [6.07, 6.45) is 0.300. The highest BCUT2D eigenvalue weighted by Crippen LogP contribution is 2.42. The molecule has 1 aromatic carbocycles. The highest BCUT2D eigenvalue weighted by atomic mass is 35.5. The Balaban J connectivity index is 2.36. The van der Waals surface area contributed by atoms with Gasteiger partial charge in [-0.05, 0) is 12.5 Å². The van der Waals surface area contributed by atoms with Crippen LogP contribution in [0.3, 0.4) is 0 Å². The van der Waals surface area contributed by atoms with Crippen LogP contribution in [-0.4, -0.2) is 29.8 Å². The van der Waals surface area contributed by atoms with Gasteiger partial charge in [-0.1, -0.05) is 11.6 Å². The number of ether oxygens (including phenoxy) is 1. The van der Waals surface area contributed by atoms with Gasteiger partial charge < -0.3 is 20.3 Å². The number of methoxy groups -OCH3 is 1. The molecule has 19 heavy (non-hydrogen) atoms. The molecule has 0 bridgehead atoms. The van der Waals surface area contributed by atoms with E-state index in [0.29, 0.717) is 12.0 Å². The fourth-order valence-corrected chi connectivity index (χ4v) is 2.43. The van der Waals surface area contributed by atoms with Crippen molar-refractivity contribution in [2.75, 3.05) is 13.7 Å². The molecular weight excluding hydrogens is 277 g/mol. The van der Waals surface area contributed by atoms with Gasteiger partial charge in [-0.2, -0.15) is 0 Å². The molecule has 0 spiro atoms. The predicted octanol–water partition coefficient (Wildman–Crippen LogP) is 1.93. The second-order valence-electron chi connectivity index (χ2n) is 4.38. The fourth-order valence-electron chi connectivity index (χ4n) is 2.22. The van der Waals surface area contributed by atoms with Crippen LogP contribution in [0.5, 0.6) is 11.5 Å². The lowest BCUT2D eigenvalue weighted by molar-refractivity contribution is -0.141. The van der Waals surface area contributed by atoms with Crippen molar-refractivity contribution in [3.63, 3.8) is 0 Å². The summed E-state index contributed by atoms with van der Waals surface area (Å²) >= 11 is 5.74. The van der Waals surface area contributed by atoms with Crippen LogP contribution >= 0.6 is 11.6 Å². The number of phenols is 1. The van der Waals surface area contributed by atoms with Crippen molar-refractivity contribution in [1.82, 2.24) is 5.32 Å². The number of phenolic OH excluding ortho intramolecular Hbond substituents is 1. The van der Waals surface area contributed by atoms with Crippen LogP contribution in [0.2, 0.25) is 5.02 Å². The number of carboxylic acid groups (broad SMARTS) is 1. The zero-order chi connectivity index (χ0) is 14.2. The molecule has 3 N–H and O–H groups in total. The Morgan fingerprint density at radius 2 is 2.32 bits per heavy atom. The largest absolute Gasteiger partial charge is 0.504 e. The lowest BCUT2D eigenvalue weighted by Crippen LogP contribution is -2.17. The van der Waals surface area contributed by atoms with E-state index in [2.05, 4.69) is 5.32 Å². The zero-order valence-electron chi connectivity index (χ0n) is 10.1. The smallest absolute Gasteiger partial charge is 0.307 e. The Hall–Kier alpha value is -1.53. The van der Waals surface area contributed by atoms with Crippen LogP contribution in [0.25, 0.3) is 0 Å². The van der Waals surface area contributed by atoms with E-state index >= 15 is 0 Å². The molecule has 1 aromatic rings. The summed E-state index contributed by atoms with van der Waals surface area (Å²) in [4.78, 5) is 10.9. The molecule has 1 fully saturated rings. The van der Waals surface area contributed by atoms with Gasteiger partial charge in [0.05, 0.1) is 18.1 Å². The van der Waals surface area contributed by atoms with Gasteiger partial charge in [0.2, 0.25) is 0 Å². The standard InChI is InChI=1S/C12H13ClFNO4/c1-19-11-9(14)7(13)3-6(10(11)16)8-2-5(4-15-8)12(17)18/h3,5,8,15-16H,2,4H2,1H3,(H,17,18). The Labute approximate surface area is 113 Å². The van der Waals surface area contributed by atoms with Crippen molar-refractivity contribution < 1.29 is 24.1 Å². The van der Waals surface area contributed by atoms with E-state index in [1.54, 1.807) is 0 Å². The number of hydrogen-bond donors (Lipinski definition) is 3. The van der Waals surface area contributed by atoms with Crippen molar-refractivity contribution in [3.8, 4) is 11.5 Å². The molecule has 0 saturated carbocycles. The normalized spacial score (nSPS) is 22.5. The van der Waals surface area contributed by atoms with Crippen molar-refractivity contribution in [2.24, 2.45) is 5.92 Å². The number of carboxylic acids is 1. The number of benzene rings is 1. The summed E-state index contributed by atoms with van der Waals surface area (Å²) in [5.74, 6) is -2.97. The number of rotatable bonds is 3. The summed E-state index contributed by atoms with van der Waals surface area (Å²) < 4.78 is 18.4. The second-order valence-corrected chi connectivity index (χ2v) is 4.78. The Kier molecular flexibility index (Phi) is 3.82. The molecule has 1 heterocycles. The third kappa shape index (κ3) is 2.46. The highest BCUT2D eigenvalue weighted by Gasteiger charge is 2.33. The summed E-state index contributed by atoms with van der Waals surface area (Å²) in [6, 6.07) is 0.893. The highest BCUT2D eigenvalue weighted by molar-refractivity contribution is 6.31. The van der Waals surface area contributed by atoms with E-state index in [9.17, 15) is 14.3 Å². The second kappa shape index (κ2) is 5.22. The maximum Gasteiger partial charge on any atom is 0.307 e. The average Bonchev–Trinajstić information content (AvgIpc) is 2.84. The fraction of sp³-hybridized carbons (Fsp3) is 0.417. The first kappa shape index (κ1) is 13.9. The summed E-state index contributed by atoms with van der Waals surface area (Å²) in [7, 11) is 1.22. The van der Waals surface area contributed by atoms with Gasteiger partial charge >= 0.3 is 5.97 Å². The molecule has 104 valence electrons. The summed E-state index contributed by atoms with van der Waals surface area (Å²) in [5, 5.41) is 21.7. The number of hydrogen-bond acceptors (Lipinski definition) is 4. The lowest BCUT2D eigenvalue weighted by atomic mass is 9.99. The van der Waals surface area contributed by atoms with Crippen LogP contribution in [-0.2, 0) is 4.79 Å². The Bertz CT molecular complexity index is 523. The van der Waals surface area contributed by atoms with Crippen LogP contribution in [0, 0.1) is 11.7 Å². The number of aliphatic carboxylic acids is 1. The molecule has 1 aliphatic rings. The van der Waals surface area contributed by atoms with Crippen molar-refractivity contribution in [2.45, 2.75) is 12.5 Å². The van der Waals surface area contributed by atoms with E-state index in [1.807, 2.05) is 0 Å². The maximum atomic E-state index is 13.6. The summed E-state index contributed by atoms with van der Waals surface area (Å²) in [5.41, 5.74) is 0.340. The van der Waals surface area contributed by atoms with Crippen LogP contribution in [0.15, 0.2) is 6.07 Å². The molecule has 0 aromatic heterocycles. The molecular formula is C12H13ClFNO4. The maximum absolute atomic E-state index is 13.6. The first-order valence-corrected chi connectivity index (χ1v) is 6.04. The first-order chi connectivity index (χ1) is 8.95. The van der Waals surface area contributed by atoms with Gasteiger partial charge in [0, 0.05) is 18.2 Å². The number of halogens is 2. The van der Waals surface area contributed by atoms with E-state index in [0.717, 1.165) is 0 Å². The molecule has 0 aliphatic carbocycles. The minimum Gasteiger partial charge on any atom is -0.504 e. The molecule has 7 heteroatoms. The van der Waals surface area contributed by atoms with Crippen molar-refractivity contribution in [3.05, 3.63) is 22.5 Å². The van der Waals surface area contributed by atoms with Gasteiger partial charge in [0.15, 0.2) is 17.3 Å². The number of nitrogens with one attached hydrogen (secondary N) is 1. The van der Waals surface area contributed by atoms with Gasteiger partial charge in [0.25, 0.3) is 0 Å². The Morgan fingerprint density at radius 1 is 1.63 bits per heavy atom. The van der Waals surface area contributed by atoms with Crippen molar-refractivity contribution in [1.29, 1.82) is 0 Å². The molecule has 1 aliphatic heterocycles. The van der Waals surface area contributed by atoms with E-state index < -0.39 is 23.7 Å². The molecule has 2 rings (SSSR count). The quantitative estimate of drug-likeness (QED) is 0.792. The zero-order valence-corrected chi connectivity index (χ0v) is 10.9. The molecule has 0 amide bonds. The number of carbonyl (C=O) groups is 1. The molecule has 0 radical (unpaired) electrons. The third-order valence-electron chi connectivity index (χ3n) is 3.24. The van der Waals surface area contributed by atoms with E-state index in [4.69, 9.17) is 21.4 Å². The SMILES string of the molecule is COc1c(O)c(C2CC(C(=O)O)CN2)cc(Cl)c1F. The summed E-state index contributed by atoms with van der Waals surface area (Å²) in [6.45, 7) is 0.288. The van der Waals surface area contributed by atoms with Gasteiger partial charge in [-0.15, -0.1) is 0 Å². The predicted molar refractivity (Wildman–Crippen MR) is 66.1 cm³/mol.